The van der Waals surface area contributed by atoms with E-state index in [1.807, 2.05) is 52.8 Å². The summed E-state index contributed by atoms with van der Waals surface area (Å²) < 4.78 is 5.40. The van der Waals surface area contributed by atoms with Crippen molar-refractivity contribution in [3.63, 3.8) is 0 Å². The molecule has 1 heterocycles. The van der Waals surface area contributed by atoms with Crippen LogP contribution < -0.4 is 11.1 Å². The fourth-order valence-electron chi connectivity index (χ4n) is 5.43. The van der Waals surface area contributed by atoms with Crippen molar-refractivity contribution in [2.75, 3.05) is 0 Å². The van der Waals surface area contributed by atoms with E-state index in [-0.39, 0.29) is 48.0 Å². The second kappa shape index (κ2) is 17.5. The van der Waals surface area contributed by atoms with Gasteiger partial charge in [-0.25, -0.2) is 4.79 Å². The predicted molar refractivity (Wildman–Crippen MR) is 161 cm³/mol. The van der Waals surface area contributed by atoms with Crippen molar-refractivity contribution < 1.29 is 34.8 Å². The van der Waals surface area contributed by atoms with Gasteiger partial charge in [0, 0.05) is 36.1 Å². The van der Waals surface area contributed by atoms with Crippen LogP contribution in [0.1, 0.15) is 61.3 Å². The third kappa shape index (κ3) is 11.4. The number of carbonyl (C=O) groups excluding carboxylic acids is 2. The summed E-state index contributed by atoms with van der Waals surface area (Å²) in [4.78, 5) is 23.5. The van der Waals surface area contributed by atoms with Crippen LogP contribution in [0.3, 0.4) is 0 Å². The van der Waals surface area contributed by atoms with E-state index in [4.69, 9.17) is 10.5 Å². The first-order chi connectivity index (χ1) is 19.1. The van der Waals surface area contributed by atoms with E-state index < -0.39 is 48.4 Å². The van der Waals surface area contributed by atoms with Crippen LogP contribution in [0.2, 0.25) is 0 Å². The van der Waals surface area contributed by atoms with Gasteiger partial charge in [-0.2, -0.15) is 0 Å². The highest BCUT2D eigenvalue weighted by molar-refractivity contribution is 5.74. The van der Waals surface area contributed by atoms with Crippen LogP contribution >= 0.6 is 0 Å². The van der Waals surface area contributed by atoms with Crippen LogP contribution in [-0.4, -0.2) is 69.0 Å². The maximum absolute atomic E-state index is 11.9. The minimum atomic E-state index is -0.886. The zero-order valence-electron chi connectivity index (χ0n) is 25.8. The number of cyclic esters (lactones) is 1. The van der Waals surface area contributed by atoms with E-state index in [9.17, 15) is 30.0 Å². The van der Waals surface area contributed by atoms with Gasteiger partial charge >= 0.3 is 12.0 Å². The van der Waals surface area contributed by atoms with Gasteiger partial charge in [0.2, 0.25) is 0 Å². The molecule has 13 atom stereocenters. The average Bonchev–Trinajstić information content (AvgIpc) is 2.93. The lowest BCUT2D eigenvalue weighted by Crippen LogP contribution is -2.50. The minimum absolute atomic E-state index is 0.0625. The van der Waals surface area contributed by atoms with Gasteiger partial charge in [0.1, 0.15) is 6.10 Å². The van der Waals surface area contributed by atoms with Crippen LogP contribution in [0, 0.1) is 41.4 Å². The molecule has 0 spiro atoms. The smallest absolute Gasteiger partial charge is 0.312 e. The SMILES string of the molecule is C=CC=C[C@H](C)[C@H](NC(N)=O)[C@@H](C)[C@H](O)[C@@H](C)CC=C[C@H](C)[C@@H](O)[C@@H](C)C=C[C@@H](O)C[C@@H]1OC(=O)[C@H](C)[C@@H](O)[C@H]1C. The Balaban J connectivity index is 2.67. The molecule has 1 saturated heterocycles. The normalized spacial score (nSPS) is 28.4. The van der Waals surface area contributed by atoms with Gasteiger partial charge in [0.25, 0.3) is 0 Å². The first-order valence-corrected chi connectivity index (χ1v) is 14.7. The van der Waals surface area contributed by atoms with Crippen molar-refractivity contribution in [2.45, 2.75) is 97.9 Å². The summed E-state index contributed by atoms with van der Waals surface area (Å²) >= 11 is 0. The van der Waals surface area contributed by atoms with E-state index in [1.165, 1.54) is 0 Å². The Labute approximate surface area is 246 Å². The number of ether oxygens (including phenoxy) is 1. The molecule has 2 amide bonds. The lowest BCUT2D eigenvalue weighted by atomic mass is 9.81. The molecule has 1 fully saturated rings. The zero-order valence-corrected chi connectivity index (χ0v) is 25.8. The Morgan fingerprint density at radius 3 is 2.20 bits per heavy atom. The van der Waals surface area contributed by atoms with Crippen LogP contribution in [-0.2, 0) is 9.53 Å². The van der Waals surface area contributed by atoms with Crippen LogP contribution in [0.5, 0.6) is 0 Å². The number of esters is 1. The van der Waals surface area contributed by atoms with Crippen molar-refractivity contribution in [2.24, 2.45) is 47.2 Å². The molecule has 1 aliphatic heterocycles. The van der Waals surface area contributed by atoms with Crippen LogP contribution in [0.15, 0.2) is 49.1 Å². The molecule has 0 radical (unpaired) electrons. The molecule has 9 nitrogen and oxygen atoms in total. The van der Waals surface area contributed by atoms with Crippen molar-refractivity contribution in [1.82, 2.24) is 5.32 Å². The van der Waals surface area contributed by atoms with Crippen molar-refractivity contribution >= 4 is 12.0 Å². The van der Waals surface area contributed by atoms with E-state index >= 15 is 0 Å². The lowest BCUT2D eigenvalue weighted by molar-refractivity contribution is -0.179. The number of nitrogens with two attached hydrogens (primary N) is 1. The monoisotopic (exact) mass is 578 g/mol. The van der Waals surface area contributed by atoms with Crippen molar-refractivity contribution in [1.29, 1.82) is 0 Å². The number of primary amides is 1. The molecular formula is C32H54N2O7. The molecule has 9 heteroatoms. The van der Waals surface area contributed by atoms with E-state index in [0.717, 1.165) is 0 Å². The first-order valence-electron chi connectivity index (χ1n) is 14.7. The Morgan fingerprint density at radius 1 is 1.00 bits per heavy atom. The van der Waals surface area contributed by atoms with Crippen molar-refractivity contribution in [3.05, 3.63) is 49.1 Å². The Bertz CT molecular complexity index is 920. The Hall–Kier alpha value is -2.46. The molecule has 1 rings (SSSR count). The van der Waals surface area contributed by atoms with Gasteiger partial charge < -0.3 is 36.2 Å². The van der Waals surface area contributed by atoms with Gasteiger partial charge in [-0.1, -0.05) is 90.7 Å². The van der Waals surface area contributed by atoms with Gasteiger partial charge in [0.15, 0.2) is 0 Å². The van der Waals surface area contributed by atoms with Gasteiger partial charge in [0.05, 0.1) is 30.3 Å². The minimum Gasteiger partial charge on any atom is -0.462 e. The summed E-state index contributed by atoms with van der Waals surface area (Å²) in [6.45, 7) is 16.6. The predicted octanol–water partition coefficient (Wildman–Crippen LogP) is 3.48. The number of hydrogen-bond donors (Lipinski definition) is 6. The van der Waals surface area contributed by atoms with E-state index in [2.05, 4.69) is 11.9 Å². The first kappa shape index (κ1) is 36.6. The number of amides is 2. The molecule has 1 aliphatic rings. The number of aliphatic hydroxyl groups excluding tert-OH is 4. The number of carbonyl (C=O) groups is 2. The molecule has 41 heavy (non-hydrogen) atoms. The van der Waals surface area contributed by atoms with Gasteiger partial charge in [-0.05, 0) is 25.2 Å². The summed E-state index contributed by atoms with van der Waals surface area (Å²) in [5, 5.41) is 45.3. The number of rotatable bonds is 16. The summed E-state index contributed by atoms with van der Waals surface area (Å²) in [5.74, 6) is -2.20. The number of nitrogens with one attached hydrogen (secondary N) is 1. The molecule has 0 unspecified atom stereocenters. The third-order valence-corrected chi connectivity index (χ3v) is 8.53. The molecule has 0 aromatic heterocycles. The quantitative estimate of drug-likeness (QED) is 0.0928. The summed E-state index contributed by atoms with van der Waals surface area (Å²) in [6, 6.07) is -0.991. The molecule has 0 aromatic rings. The van der Waals surface area contributed by atoms with Crippen LogP contribution in [0.25, 0.3) is 0 Å². The average molecular weight is 579 g/mol. The number of allylic oxidation sites excluding steroid dienone is 3. The molecular weight excluding hydrogens is 524 g/mol. The maximum atomic E-state index is 11.9. The topological polar surface area (TPSA) is 162 Å². The largest absolute Gasteiger partial charge is 0.462 e. The van der Waals surface area contributed by atoms with Crippen molar-refractivity contribution in [3.8, 4) is 0 Å². The third-order valence-electron chi connectivity index (χ3n) is 8.53. The fourth-order valence-corrected chi connectivity index (χ4v) is 5.43. The maximum Gasteiger partial charge on any atom is 0.312 e. The van der Waals surface area contributed by atoms with E-state index in [0.29, 0.717) is 6.42 Å². The van der Waals surface area contributed by atoms with E-state index in [1.54, 1.807) is 38.2 Å². The number of urea groups is 1. The second-order valence-electron chi connectivity index (χ2n) is 12.0. The molecule has 234 valence electrons. The Kier molecular flexibility index (Phi) is 15.6. The summed E-state index contributed by atoms with van der Waals surface area (Å²) in [5.41, 5.74) is 5.38. The number of aliphatic hydroxyl groups is 4. The van der Waals surface area contributed by atoms with Crippen LogP contribution in [0.4, 0.5) is 4.79 Å². The lowest BCUT2D eigenvalue weighted by Gasteiger charge is -2.36. The highest BCUT2D eigenvalue weighted by atomic mass is 16.5. The Morgan fingerprint density at radius 2 is 1.61 bits per heavy atom. The molecule has 0 aromatic carbocycles. The molecule has 7 N–H and O–H groups in total. The molecule has 0 saturated carbocycles. The van der Waals surface area contributed by atoms with Gasteiger partial charge in [-0.15, -0.1) is 0 Å². The molecule has 0 aliphatic carbocycles. The summed E-state index contributed by atoms with van der Waals surface area (Å²) in [6.07, 6.45) is 9.64. The fraction of sp³-hybridized carbons (Fsp3) is 0.688. The zero-order chi connectivity index (χ0) is 31.4. The molecule has 0 bridgehead atoms. The highest BCUT2D eigenvalue weighted by Gasteiger charge is 2.40. The highest BCUT2D eigenvalue weighted by Crippen LogP contribution is 2.29. The standard InChI is InChI=1S/C32H54N2O7/c1-9-10-12-18(2)27(34-32(33)40)23(7)29(37)20(4)14-11-13-19(3)28(36)21(5)15-16-25(35)17-26-22(6)30(38)24(8)31(39)41-26/h9-13,15-16,18-30,35-38H,1,14,17H2,2-8H3,(H3,33,34,40)/t18-,19-,20-,21-,22-,23+,24+,25+,26-,27-,28+,29+,30-/m0/s1. The van der Waals surface area contributed by atoms with Gasteiger partial charge in [-0.3, -0.25) is 4.79 Å². The second-order valence-corrected chi connectivity index (χ2v) is 12.0. The number of hydrogen-bond acceptors (Lipinski definition) is 7. The summed E-state index contributed by atoms with van der Waals surface area (Å²) in [7, 11) is 0.